The molecule has 1 aromatic heterocycles. The standard InChI is InChI=1S/C15H10BrClN2S/c16-11-6-2-4-8-13(11)18-15-19-14(9-20-15)10-5-1-3-7-12(10)17/h1-9H,(H,18,19). The summed E-state index contributed by atoms with van der Waals surface area (Å²) in [6.45, 7) is 0. The molecule has 0 radical (unpaired) electrons. The number of benzene rings is 2. The molecule has 0 bridgehead atoms. The third kappa shape index (κ3) is 2.87. The topological polar surface area (TPSA) is 24.9 Å². The lowest BCUT2D eigenvalue weighted by molar-refractivity contribution is 1.38. The minimum absolute atomic E-state index is 0.713. The van der Waals surface area contributed by atoms with Gasteiger partial charge in [-0.1, -0.05) is 41.9 Å². The zero-order chi connectivity index (χ0) is 13.9. The molecule has 0 fully saturated rings. The maximum atomic E-state index is 6.19. The maximum Gasteiger partial charge on any atom is 0.187 e. The van der Waals surface area contributed by atoms with Crippen LogP contribution in [0.2, 0.25) is 5.02 Å². The van der Waals surface area contributed by atoms with Crippen LogP contribution in [0.3, 0.4) is 0 Å². The summed E-state index contributed by atoms with van der Waals surface area (Å²) in [7, 11) is 0. The number of aromatic nitrogens is 1. The Balaban J connectivity index is 1.88. The molecule has 0 atom stereocenters. The van der Waals surface area contributed by atoms with Gasteiger partial charge in [0.05, 0.1) is 11.4 Å². The Morgan fingerprint density at radius 3 is 2.60 bits per heavy atom. The van der Waals surface area contributed by atoms with Crippen molar-refractivity contribution < 1.29 is 0 Å². The summed E-state index contributed by atoms with van der Waals surface area (Å²) in [5.74, 6) is 0. The molecule has 2 aromatic carbocycles. The van der Waals surface area contributed by atoms with Crippen LogP contribution in [0, 0.1) is 0 Å². The van der Waals surface area contributed by atoms with Crippen molar-refractivity contribution >= 4 is 49.7 Å². The van der Waals surface area contributed by atoms with E-state index in [0.717, 1.165) is 26.5 Å². The lowest BCUT2D eigenvalue weighted by Crippen LogP contribution is -1.90. The zero-order valence-electron chi connectivity index (χ0n) is 10.3. The maximum absolute atomic E-state index is 6.19. The second-order valence-corrected chi connectivity index (χ2v) is 6.24. The van der Waals surface area contributed by atoms with Crippen LogP contribution in [0.5, 0.6) is 0 Å². The van der Waals surface area contributed by atoms with Crippen molar-refractivity contribution in [1.82, 2.24) is 4.98 Å². The van der Waals surface area contributed by atoms with Gasteiger partial charge in [-0.3, -0.25) is 0 Å². The second-order valence-electron chi connectivity index (χ2n) is 4.12. The number of halogens is 2. The number of anilines is 2. The van der Waals surface area contributed by atoms with E-state index in [0.29, 0.717) is 5.02 Å². The van der Waals surface area contributed by atoms with E-state index in [1.807, 2.05) is 53.9 Å². The Labute approximate surface area is 134 Å². The highest BCUT2D eigenvalue weighted by molar-refractivity contribution is 9.10. The lowest BCUT2D eigenvalue weighted by atomic mass is 10.2. The Morgan fingerprint density at radius 2 is 1.80 bits per heavy atom. The third-order valence-corrected chi connectivity index (χ3v) is 4.55. The second kappa shape index (κ2) is 5.95. The number of hydrogen-bond acceptors (Lipinski definition) is 3. The molecule has 0 aliphatic rings. The Bertz CT molecular complexity index is 742. The molecule has 5 heteroatoms. The highest BCUT2D eigenvalue weighted by Crippen LogP contribution is 2.32. The first-order valence-corrected chi connectivity index (χ1v) is 8.01. The molecule has 0 saturated carbocycles. The first-order valence-electron chi connectivity index (χ1n) is 5.96. The van der Waals surface area contributed by atoms with Crippen molar-refractivity contribution in [1.29, 1.82) is 0 Å². The molecule has 3 aromatic rings. The van der Waals surface area contributed by atoms with E-state index in [4.69, 9.17) is 11.6 Å². The van der Waals surface area contributed by atoms with Crippen molar-refractivity contribution in [2.45, 2.75) is 0 Å². The Morgan fingerprint density at radius 1 is 1.05 bits per heavy atom. The fourth-order valence-electron chi connectivity index (χ4n) is 1.80. The van der Waals surface area contributed by atoms with Crippen LogP contribution in [0.15, 0.2) is 58.4 Å². The van der Waals surface area contributed by atoms with Gasteiger partial charge in [-0.15, -0.1) is 11.3 Å². The molecule has 0 aliphatic carbocycles. The number of hydrogen-bond donors (Lipinski definition) is 1. The normalized spacial score (nSPS) is 10.5. The Hall–Kier alpha value is -1.36. The van der Waals surface area contributed by atoms with Gasteiger partial charge in [0.2, 0.25) is 0 Å². The van der Waals surface area contributed by atoms with Crippen molar-refractivity contribution in [3.05, 3.63) is 63.4 Å². The van der Waals surface area contributed by atoms with Crippen LogP contribution in [0.4, 0.5) is 10.8 Å². The molecule has 3 rings (SSSR count). The van der Waals surface area contributed by atoms with Crippen molar-refractivity contribution in [2.24, 2.45) is 0 Å². The highest BCUT2D eigenvalue weighted by Gasteiger charge is 2.08. The number of rotatable bonds is 3. The van der Waals surface area contributed by atoms with Gasteiger partial charge in [-0.05, 0) is 34.1 Å². The predicted octanol–water partition coefficient (Wildman–Crippen LogP) is 5.97. The van der Waals surface area contributed by atoms with Gasteiger partial charge in [0.1, 0.15) is 0 Å². The minimum atomic E-state index is 0.713. The van der Waals surface area contributed by atoms with Gasteiger partial charge < -0.3 is 5.32 Å². The molecular formula is C15H10BrClN2S. The van der Waals surface area contributed by atoms with Gasteiger partial charge in [-0.25, -0.2) is 4.98 Å². The average molecular weight is 366 g/mol. The minimum Gasteiger partial charge on any atom is -0.331 e. The molecule has 0 saturated heterocycles. The number of nitrogens with zero attached hydrogens (tertiary/aromatic N) is 1. The fourth-order valence-corrected chi connectivity index (χ4v) is 3.14. The Kier molecular flexibility index (Phi) is 4.05. The average Bonchev–Trinajstić information content (AvgIpc) is 2.90. The smallest absolute Gasteiger partial charge is 0.187 e. The van der Waals surface area contributed by atoms with E-state index in [9.17, 15) is 0 Å². The summed E-state index contributed by atoms with van der Waals surface area (Å²) in [6, 6.07) is 15.7. The summed E-state index contributed by atoms with van der Waals surface area (Å²) in [5.41, 5.74) is 2.83. The molecule has 100 valence electrons. The summed E-state index contributed by atoms with van der Waals surface area (Å²) < 4.78 is 1.01. The summed E-state index contributed by atoms with van der Waals surface area (Å²) in [5, 5.41) is 6.85. The monoisotopic (exact) mass is 364 g/mol. The van der Waals surface area contributed by atoms with Gasteiger partial charge in [-0.2, -0.15) is 0 Å². The number of thiazole rings is 1. The number of nitrogens with one attached hydrogen (secondary N) is 1. The van der Waals surface area contributed by atoms with Crippen LogP contribution in [-0.4, -0.2) is 4.98 Å². The summed E-state index contributed by atoms with van der Waals surface area (Å²) in [4.78, 5) is 4.58. The molecular weight excluding hydrogens is 356 g/mol. The van der Waals surface area contributed by atoms with Gasteiger partial charge in [0.25, 0.3) is 0 Å². The third-order valence-electron chi connectivity index (χ3n) is 2.77. The predicted molar refractivity (Wildman–Crippen MR) is 90.0 cm³/mol. The molecule has 1 N–H and O–H groups in total. The van der Waals surface area contributed by atoms with E-state index in [1.54, 1.807) is 11.3 Å². The van der Waals surface area contributed by atoms with Gasteiger partial charge in [0, 0.05) is 20.4 Å². The van der Waals surface area contributed by atoms with E-state index >= 15 is 0 Å². The van der Waals surface area contributed by atoms with Crippen LogP contribution < -0.4 is 5.32 Å². The van der Waals surface area contributed by atoms with Crippen LogP contribution in [0.1, 0.15) is 0 Å². The van der Waals surface area contributed by atoms with Crippen LogP contribution in [0.25, 0.3) is 11.3 Å². The zero-order valence-corrected chi connectivity index (χ0v) is 13.5. The molecule has 0 amide bonds. The molecule has 1 heterocycles. The molecule has 0 unspecified atom stereocenters. The highest BCUT2D eigenvalue weighted by atomic mass is 79.9. The first kappa shape index (κ1) is 13.6. The molecule has 20 heavy (non-hydrogen) atoms. The van der Waals surface area contributed by atoms with Crippen molar-refractivity contribution in [3.8, 4) is 11.3 Å². The number of para-hydroxylation sites is 1. The van der Waals surface area contributed by atoms with E-state index in [-0.39, 0.29) is 0 Å². The van der Waals surface area contributed by atoms with Crippen molar-refractivity contribution in [2.75, 3.05) is 5.32 Å². The summed E-state index contributed by atoms with van der Waals surface area (Å²) in [6.07, 6.45) is 0. The van der Waals surface area contributed by atoms with E-state index < -0.39 is 0 Å². The van der Waals surface area contributed by atoms with Gasteiger partial charge >= 0.3 is 0 Å². The SMILES string of the molecule is Clc1ccccc1-c1csc(Nc2ccccc2Br)n1. The first-order chi connectivity index (χ1) is 9.74. The molecule has 0 spiro atoms. The van der Waals surface area contributed by atoms with Crippen LogP contribution >= 0.6 is 38.9 Å². The largest absolute Gasteiger partial charge is 0.331 e. The van der Waals surface area contributed by atoms with Crippen LogP contribution in [-0.2, 0) is 0 Å². The lowest BCUT2D eigenvalue weighted by Gasteiger charge is -2.04. The van der Waals surface area contributed by atoms with Gasteiger partial charge in [0.15, 0.2) is 5.13 Å². The molecule has 0 aliphatic heterocycles. The summed E-state index contributed by atoms with van der Waals surface area (Å²) >= 11 is 11.3. The molecule has 2 nitrogen and oxygen atoms in total. The van der Waals surface area contributed by atoms with E-state index in [2.05, 4.69) is 26.2 Å². The van der Waals surface area contributed by atoms with Crippen molar-refractivity contribution in [3.63, 3.8) is 0 Å². The van der Waals surface area contributed by atoms with E-state index in [1.165, 1.54) is 0 Å². The quantitative estimate of drug-likeness (QED) is 0.618. The fraction of sp³-hybridized carbons (Fsp3) is 0.